The van der Waals surface area contributed by atoms with Crippen molar-refractivity contribution in [3.63, 3.8) is 0 Å². The van der Waals surface area contributed by atoms with Gasteiger partial charge in [-0.25, -0.2) is 4.98 Å². The minimum absolute atomic E-state index is 0.107. The lowest BCUT2D eigenvalue weighted by Crippen LogP contribution is -2.35. The fourth-order valence-electron chi connectivity index (χ4n) is 1.88. The molecule has 0 fully saturated rings. The van der Waals surface area contributed by atoms with Gasteiger partial charge in [-0.05, 0) is 40.7 Å². The zero-order chi connectivity index (χ0) is 14.0. The number of hydrogen-bond acceptors (Lipinski definition) is 3. The average molecular weight is 261 g/mol. The van der Waals surface area contributed by atoms with Crippen LogP contribution >= 0.6 is 0 Å². The fraction of sp³-hybridized carbons (Fsp3) is 0.533. The molecule has 1 N–H and O–H groups in total. The molecule has 0 aliphatic carbocycles. The first-order valence-electron chi connectivity index (χ1n) is 6.65. The minimum atomic E-state index is 0.107. The first-order valence-corrected chi connectivity index (χ1v) is 6.65. The van der Waals surface area contributed by atoms with Gasteiger partial charge in [0.1, 0.15) is 5.76 Å². The van der Waals surface area contributed by atoms with Crippen LogP contribution in [0, 0.1) is 13.8 Å². The Morgan fingerprint density at radius 1 is 1.32 bits per heavy atom. The number of hydrogen-bond donors (Lipinski definition) is 1. The molecule has 4 heteroatoms. The summed E-state index contributed by atoms with van der Waals surface area (Å²) >= 11 is 0. The summed E-state index contributed by atoms with van der Waals surface area (Å²) in [7, 11) is 0. The molecule has 0 amide bonds. The van der Waals surface area contributed by atoms with Gasteiger partial charge < -0.3 is 14.3 Å². The van der Waals surface area contributed by atoms with Gasteiger partial charge in [0.15, 0.2) is 0 Å². The van der Waals surface area contributed by atoms with E-state index in [4.69, 9.17) is 4.42 Å². The molecule has 0 radical (unpaired) electrons. The molecule has 4 nitrogen and oxygen atoms in total. The fourth-order valence-corrected chi connectivity index (χ4v) is 1.88. The molecule has 104 valence electrons. The largest absolute Gasteiger partial charge is 0.467 e. The van der Waals surface area contributed by atoms with Crippen LogP contribution in [0.2, 0.25) is 0 Å². The highest BCUT2D eigenvalue weighted by Gasteiger charge is 2.13. The molecule has 2 aromatic heterocycles. The van der Waals surface area contributed by atoms with Crippen molar-refractivity contribution in [2.24, 2.45) is 0 Å². The summed E-state index contributed by atoms with van der Waals surface area (Å²) in [5, 5.41) is 3.49. The number of nitrogens with one attached hydrogen (secondary N) is 1. The Morgan fingerprint density at radius 2 is 2.05 bits per heavy atom. The predicted octanol–water partition coefficient (Wildman–Crippen LogP) is 3.03. The van der Waals surface area contributed by atoms with E-state index in [0.717, 1.165) is 24.5 Å². The average Bonchev–Trinajstić information content (AvgIpc) is 2.88. The molecule has 0 saturated heterocycles. The van der Waals surface area contributed by atoms with Crippen LogP contribution in [0.5, 0.6) is 0 Å². The summed E-state index contributed by atoms with van der Waals surface area (Å²) in [6, 6.07) is 2.03. The number of furan rings is 1. The van der Waals surface area contributed by atoms with E-state index in [-0.39, 0.29) is 5.54 Å². The first kappa shape index (κ1) is 13.9. The third-order valence-electron chi connectivity index (χ3n) is 3.31. The van der Waals surface area contributed by atoms with Gasteiger partial charge >= 0.3 is 0 Å². The zero-order valence-electron chi connectivity index (χ0n) is 12.4. The molecule has 2 aromatic rings. The Morgan fingerprint density at radius 3 is 2.63 bits per heavy atom. The number of nitrogens with zero attached hydrogens (tertiary/aromatic N) is 2. The summed E-state index contributed by atoms with van der Waals surface area (Å²) < 4.78 is 7.73. The van der Waals surface area contributed by atoms with Crippen molar-refractivity contribution in [1.82, 2.24) is 14.9 Å². The lowest BCUT2D eigenvalue weighted by Gasteiger charge is -2.20. The second-order valence-corrected chi connectivity index (χ2v) is 6.02. The number of rotatable bonds is 4. The highest BCUT2D eigenvalue weighted by atomic mass is 16.3. The Bertz CT molecular complexity index is 546. The van der Waals surface area contributed by atoms with E-state index in [1.54, 1.807) is 6.26 Å². The van der Waals surface area contributed by atoms with Crippen LogP contribution in [0.4, 0.5) is 0 Å². The van der Waals surface area contributed by atoms with Crippen molar-refractivity contribution >= 4 is 0 Å². The van der Waals surface area contributed by atoms with Crippen LogP contribution in [0.25, 0.3) is 0 Å². The van der Waals surface area contributed by atoms with Gasteiger partial charge in [0.05, 0.1) is 24.8 Å². The molecule has 0 atom stereocenters. The molecule has 0 spiro atoms. The number of imidazole rings is 1. The highest BCUT2D eigenvalue weighted by molar-refractivity contribution is 5.19. The van der Waals surface area contributed by atoms with Crippen LogP contribution in [0.1, 0.15) is 43.5 Å². The lowest BCUT2D eigenvalue weighted by atomic mass is 10.1. The van der Waals surface area contributed by atoms with Gasteiger partial charge in [0.25, 0.3) is 0 Å². The van der Waals surface area contributed by atoms with Crippen molar-refractivity contribution < 1.29 is 4.42 Å². The maximum Gasteiger partial charge on any atom is 0.127 e. The predicted molar refractivity (Wildman–Crippen MR) is 76.1 cm³/mol. The third kappa shape index (κ3) is 3.47. The van der Waals surface area contributed by atoms with Crippen molar-refractivity contribution in [2.45, 2.75) is 53.2 Å². The van der Waals surface area contributed by atoms with Crippen LogP contribution < -0.4 is 5.32 Å². The van der Waals surface area contributed by atoms with Crippen LogP contribution in [-0.4, -0.2) is 15.1 Å². The van der Waals surface area contributed by atoms with Gasteiger partial charge in [-0.3, -0.25) is 0 Å². The highest BCUT2D eigenvalue weighted by Crippen LogP contribution is 2.15. The summed E-state index contributed by atoms with van der Waals surface area (Å²) in [4.78, 5) is 4.32. The van der Waals surface area contributed by atoms with E-state index in [2.05, 4.69) is 42.6 Å². The van der Waals surface area contributed by atoms with Crippen LogP contribution in [0.3, 0.4) is 0 Å². The standard InChI is InChI=1S/C15H23N3O/c1-11-12(2)18(10-16-11)9-14-13(6-7-19-14)8-17-15(3,4)5/h6-7,10,17H,8-9H2,1-5H3. The molecule has 0 aliphatic rings. The molecular weight excluding hydrogens is 238 g/mol. The molecule has 19 heavy (non-hydrogen) atoms. The van der Waals surface area contributed by atoms with Crippen molar-refractivity contribution in [1.29, 1.82) is 0 Å². The van der Waals surface area contributed by atoms with Crippen molar-refractivity contribution in [3.8, 4) is 0 Å². The molecular formula is C15H23N3O. The van der Waals surface area contributed by atoms with E-state index < -0.39 is 0 Å². The molecule has 0 bridgehead atoms. The second-order valence-electron chi connectivity index (χ2n) is 6.02. The topological polar surface area (TPSA) is 43.0 Å². The Kier molecular flexibility index (Phi) is 3.80. The minimum Gasteiger partial charge on any atom is -0.467 e. The summed E-state index contributed by atoms with van der Waals surface area (Å²) in [5.41, 5.74) is 3.57. The van der Waals surface area contributed by atoms with E-state index in [1.165, 1.54) is 11.3 Å². The van der Waals surface area contributed by atoms with Crippen LogP contribution in [0.15, 0.2) is 23.1 Å². The maximum atomic E-state index is 5.61. The lowest BCUT2D eigenvalue weighted by molar-refractivity contribution is 0.417. The van der Waals surface area contributed by atoms with Gasteiger partial charge in [-0.2, -0.15) is 0 Å². The van der Waals surface area contributed by atoms with Gasteiger partial charge in [0.2, 0.25) is 0 Å². The van der Waals surface area contributed by atoms with E-state index in [0.29, 0.717) is 0 Å². The van der Waals surface area contributed by atoms with Crippen LogP contribution in [-0.2, 0) is 13.1 Å². The summed E-state index contributed by atoms with van der Waals surface area (Å²) in [5.74, 6) is 0.997. The zero-order valence-corrected chi connectivity index (χ0v) is 12.4. The number of aryl methyl sites for hydroxylation is 1. The molecule has 0 unspecified atom stereocenters. The SMILES string of the molecule is Cc1ncn(Cc2occc2CNC(C)(C)C)c1C. The molecule has 2 rings (SSSR count). The van der Waals surface area contributed by atoms with Crippen molar-refractivity contribution in [2.75, 3.05) is 0 Å². The van der Waals surface area contributed by atoms with Gasteiger partial charge in [-0.15, -0.1) is 0 Å². The Balaban J connectivity index is 2.10. The quantitative estimate of drug-likeness (QED) is 0.920. The Hall–Kier alpha value is -1.55. The van der Waals surface area contributed by atoms with Gasteiger partial charge in [0, 0.05) is 23.3 Å². The molecule has 0 aromatic carbocycles. The maximum absolute atomic E-state index is 5.61. The normalized spacial score (nSPS) is 12.1. The number of aromatic nitrogens is 2. The molecule has 0 aliphatic heterocycles. The third-order valence-corrected chi connectivity index (χ3v) is 3.31. The molecule has 2 heterocycles. The Labute approximate surface area is 114 Å². The van der Waals surface area contributed by atoms with E-state index in [9.17, 15) is 0 Å². The van der Waals surface area contributed by atoms with Crippen molar-refractivity contribution in [3.05, 3.63) is 41.4 Å². The molecule has 0 saturated carbocycles. The van der Waals surface area contributed by atoms with Gasteiger partial charge in [-0.1, -0.05) is 0 Å². The first-order chi connectivity index (χ1) is 8.87. The second kappa shape index (κ2) is 5.21. The monoisotopic (exact) mass is 261 g/mol. The van der Waals surface area contributed by atoms with E-state index in [1.807, 2.05) is 19.3 Å². The summed E-state index contributed by atoms with van der Waals surface area (Å²) in [6.07, 6.45) is 3.63. The van der Waals surface area contributed by atoms with E-state index >= 15 is 0 Å². The smallest absolute Gasteiger partial charge is 0.127 e. The summed E-state index contributed by atoms with van der Waals surface area (Å²) in [6.45, 7) is 12.2.